The number of nitrogens with zero attached hydrogens (tertiary/aromatic N) is 1. The summed E-state index contributed by atoms with van der Waals surface area (Å²) in [6.45, 7) is 2.79. The van der Waals surface area contributed by atoms with Gasteiger partial charge >= 0.3 is 12.2 Å². The molecule has 0 aliphatic carbocycles. The molecule has 2 N–H and O–H groups in total. The highest BCUT2D eigenvalue weighted by Gasteiger charge is 2.35. The van der Waals surface area contributed by atoms with Crippen LogP contribution in [0.5, 0.6) is 0 Å². The Morgan fingerprint density at radius 2 is 2.07 bits per heavy atom. The minimum Gasteiger partial charge on any atom is -0.350 e. The quantitative estimate of drug-likeness (QED) is 0.611. The van der Waals surface area contributed by atoms with Crippen LogP contribution in [0.15, 0.2) is 4.99 Å². The first-order valence-electron chi connectivity index (χ1n) is 4.33. The molecule has 0 spiro atoms. The van der Waals surface area contributed by atoms with Gasteiger partial charge in [-0.3, -0.25) is 0 Å². The van der Waals surface area contributed by atoms with Crippen molar-refractivity contribution in [3.05, 3.63) is 0 Å². The van der Waals surface area contributed by atoms with Crippen LogP contribution in [-0.4, -0.2) is 23.0 Å². The molecule has 1 unspecified atom stereocenters. The number of carbonyl (C=O) groups is 1. The molecule has 88 valence electrons. The number of primary amides is 1. The Morgan fingerprint density at radius 1 is 1.53 bits per heavy atom. The minimum atomic E-state index is -4.21. The van der Waals surface area contributed by atoms with E-state index < -0.39 is 18.1 Å². The van der Waals surface area contributed by atoms with Crippen molar-refractivity contribution in [3.8, 4) is 0 Å². The third kappa shape index (κ3) is 6.38. The highest BCUT2D eigenvalue weighted by atomic mass is 32.2. The van der Waals surface area contributed by atoms with Gasteiger partial charge in [-0.25, -0.2) is 4.79 Å². The number of urea groups is 1. The molecular weight excluding hydrogens is 229 g/mol. The number of nitrogens with two attached hydrogens (primary N) is 1. The van der Waals surface area contributed by atoms with Gasteiger partial charge in [-0.15, -0.1) is 11.8 Å². The van der Waals surface area contributed by atoms with Crippen molar-refractivity contribution in [2.24, 2.45) is 16.6 Å². The van der Waals surface area contributed by atoms with Crippen LogP contribution in [0.1, 0.15) is 20.3 Å². The molecule has 0 radical (unpaired) electrons. The number of rotatable bonds is 3. The summed E-state index contributed by atoms with van der Waals surface area (Å²) in [6.07, 6.45) is -3.81. The third-order valence-electron chi connectivity index (χ3n) is 1.60. The number of hydrogen-bond donors (Lipinski definition) is 1. The lowest BCUT2D eigenvalue weighted by atomic mass is 10.2. The molecule has 0 aromatic rings. The van der Waals surface area contributed by atoms with Gasteiger partial charge in [0.15, 0.2) is 0 Å². The fourth-order valence-electron chi connectivity index (χ4n) is 0.652. The Labute approximate surface area is 90.3 Å². The van der Waals surface area contributed by atoms with Gasteiger partial charge in [0, 0.05) is 5.75 Å². The molecule has 1 atom stereocenters. The second-order valence-electron chi connectivity index (χ2n) is 2.95. The lowest BCUT2D eigenvalue weighted by Gasteiger charge is -2.14. The lowest BCUT2D eigenvalue weighted by molar-refractivity contribution is -0.162. The van der Waals surface area contributed by atoms with Crippen molar-refractivity contribution in [2.45, 2.75) is 26.4 Å². The monoisotopic (exact) mass is 242 g/mol. The molecule has 0 aromatic heterocycles. The number of amides is 2. The number of halogens is 3. The van der Waals surface area contributed by atoms with Gasteiger partial charge < -0.3 is 5.73 Å². The number of hydrogen-bond acceptors (Lipinski definition) is 2. The number of thioether (sulfide) groups is 1. The van der Waals surface area contributed by atoms with Crippen LogP contribution >= 0.6 is 11.8 Å². The molecule has 15 heavy (non-hydrogen) atoms. The summed E-state index contributed by atoms with van der Waals surface area (Å²) in [5.41, 5.74) is 4.80. The first kappa shape index (κ1) is 14.3. The van der Waals surface area contributed by atoms with Crippen LogP contribution in [-0.2, 0) is 0 Å². The Hall–Kier alpha value is -0.720. The van der Waals surface area contributed by atoms with E-state index in [0.717, 1.165) is 18.7 Å². The molecule has 7 heteroatoms. The van der Waals surface area contributed by atoms with Crippen LogP contribution in [0.3, 0.4) is 0 Å². The van der Waals surface area contributed by atoms with Crippen molar-refractivity contribution >= 4 is 22.8 Å². The zero-order valence-electron chi connectivity index (χ0n) is 8.47. The lowest BCUT2D eigenvalue weighted by Crippen LogP contribution is -2.22. The molecule has 0 aliphatic heterocycles. The predicted molar refractivity (Wildman–Crippen MR) is 55.0 cm³/mol. The maximum Gasteiger partial charge on any atom is 0.392 e. The van der Waals surface area contributed by atoms with Crippen LogP contribution in [0.4, 0.5) is 18.0 Å². The smallest absolute Gasteiger partial charge is 0.350 e. The first-order chi connectivity index (χ1) is 6.77. The van der Waals surface area contributed by atoms with E-state index in [4.69, 9.17) is 5.73 Å². The Bertz CT molecular complexity index is 253. The Balaban J connectivity index is 4.19. The number of carbonyl (C=O) groups excluding carboxylic acids is 1. The normalized spacial score (nSPS) is 15.1. The van der Waals surface area contributed by atoms with Crippen molar-refractivity contribution in [1.29, 1.82) is 0 Å². The van der Waals surface area contributed by atoms with Gasteiger partial charge in [0.25, 0.3) is 0 Å². The summed E-state index contributed by atoms with van der Waals surface area (Å²) < 4.78 is 36.4. The molecular formula is C8H13F3N2OS. The molecule has 0 aliphatic rings. The topological polar surface area (TPSA) is 55.4 Å². The SMILES string of the molecule is CCC(=NC(N)=O)SCC(C)C(F)(F)F. The van der Waals surface area contributed by atoms with Gasteiger partial charge in [-0.2, -0.15) is 18.2 Å². The van der Waals surface area contributed by atoms with E-state index in [0.29, 0.717) is 11.5 Å². The molecule has 0 heterocycles. The molecule has 0 saturated carbocycles. The van der Waals surface area contributed by atoms with Gasteiger partial charge in [-0.05, 0) is 6.42 Å². The second kappa shape index (κ2) is 5.99. The molecule has 2 amide bonds. The zero-order chi connectivity index (χ0) is 12.1. The molecule has 0 bridgehead atoms. The fraction of sp³-hybridized carbons (Fsp3) is 0.750. The van der Waals surface area contributed by atoms with E-state index in [-0.39, 0.29) is 5.75 Å². The van der Waals surface area contributed by atoms with Gasteiger partial charge in [-0.1, -0.05) is 13.8 Å². The molecule has 0 aromatic carbocycles. The van der Waals surface area contributed by atoms with E-state index in [1.165, 1.54) is 0 Å². The Morgan fingerprint density at radius 3 is 2.40 bits per heavy atom. The Kier molecular flexibility index (Phi) is 5.71. The highest BCUT2D eigenvalue weighted by molar-refractivity contribution is 8.13. The summed E-state index contributed by atoms with van der Waals surface area (Å²) in [4.78, 5) is 13.8. The maximum absolute atomic E-state index is 12.1. The summed E-state index contributed by atoms with van der Waals surface area (Å²) in [7, 11) is 0. The van der Waals surface area contributed by atoms with Gasteiger partial charge in [0.1, 0.15) is 0 Å². The van der Waals surface area contributed by atoms with Crippen molar-refractivity contribution in [3.63, 3.8) is 0 Å². The van der Waals surface area contributed by atoms with E-state index >= 15 is 0 Å². The van der Waals surface area contributed by atoms with E-state index in [1.807, 2.05) is 0 Å². The summed E-state index contributed by atoms with van der Waals surface area (Å²) >= 11 is 0.914. The predicted octanol–water partition coefficient (Wildman–Crippen LogP) is 2.81. The van der Waals surface area contributed by atoms with Gasteiger partial charge in [0.05, 0.1) is 11.0 Å². The maximum atomic E-state index is 12.1. The van der Waals surface area contributed by atoms with Crippen LogP contribution < -0.4 is 5.73 Å². The van der Waals surface area contributed by atoms with E-state index in [9.17, 15) is 18.0 Å². The number of aliphatic imine (C=N–C) groups is 1. The third-order valence-corrected chi connectivity index (χ3v) is 2.98. The van der Waals surface area contributed by atoms with Crippen molar-refractivity contribution in [2.75, 3.05) is 5.75 Å². The number of alkyl halides is 3. The fourth-order valence-corrected chi connectivity index (χ4v) is 1.64. The molecule has 0 fully saturated rings. The largest absolute Gasteiger partial charge is 0.392 e. The highest BCUT2D eigenvalue weighted by Crippen LogP contribution is 2.29. The standard InChI is InChI=1S/C8H13F3N2OS/c1-3-6(13-7(12)14)15-4-5(2)8(9,10)11/h5H,3-4H2,1-2H3,(H2,12,14). The summed E-state index contributed by atoms with van der Waals surface area (Å²) in [5, 5.41) is 0.332. The second-order valence-corrected chi connectivity index (χ2v) is 4.04. The van der Waals surface area contributed by atoms with Crippen LogP contribution in [0.25, 0.3) is 0 Å². The van der Waals surface area contributed by atoms with E-state index in [1.54, 1.807) is 6.92 Å². The van der Waals surface area contributed by atoms with Crippen LogP contribution in [0.2, 0.25) is 0 Å². The zero-order valence-corrected chi connectivity index (χ0v) is 9.28. The average molecular weight is 242 g/mol. The van der Waals surface area contributed by atoms with E-state index in [2.05, 4.69) is 4.99 Å². The first-order valence-corrected chi connectivity index (χ1v) is 5.32. The van der Waals surface area contributed by atoms with Crippen molar-refractivity contribution < 1.29 is 18.0 Å². The molecule has 0 rings (SSSR count). The average Bonchev–Trinajstić information content (AvgIpc) is 2.09. The molecule has 0 saturated heterocycles. The minimum absolute atomic E-state index is 0.149. The van der Waals surface area contributed by atoms with Crippen molar-refractivity contribution in [1.82, 2.24) is 0 Å². The summed E-state index contributed by atoms with van der Waals surface area (Å²) in [6, 6.07) is -0.876. The van der Waals surface area contributed by atoms with Crippen LogP contribution in [0, 0.1) is 5.92 Å². The van der Waals surface area contributed by atoms with Gasteiger partial charge in [0.2, 0.25) is 0 Å². The summed E-state index contributed by atoms with van der Waals surface area (Å²) in [5.74, 6) is -1.57. The molecule has 3 nitrogen and oxygen atoms in total.